The second-order valence-corrected chi connectivity index (χ2v) is 4.83. The normalized spacial score (nSPS) is 12.5. The third kappa shape index (κ3) is 2.12. The molecule has 0 saturated heterocycles. The van der Waals surface area contributed by atoms with Crippen LogP contribution in [0.5, 0.6) is 0 Å². The Hall–Kier alpha value is -2.39. The van der Waals surface area contributed by atoms with E-state index >= 15 is 0 Å². The van der Waals surface area contributed by atoms with Gasteiger partial charge in [0.05, 0.1) is 10.9 Å². The molecule has 0 radical (unpaired) electrons. The van der Waals surface area contributed by atoms with E-state index in [1.165, 1.54) is 6.26 Å². The summed E-state index contributed by atoms with van der Waals surface area (Å²) < 4.78 is 5.46. The summed E-state index contributed by atoms with van der Waals surface area (Å²) in [6.45, 7) is 1.92. The van der Waals surface area contributed by atoms with Gasteiger partial charge in [0.15, 0.2) is 5.43 Å². The minimum Gasteiger partial charge on any atom is -0.464 e. The lowest BCUT2D eigenvalue weighted by molar-refractivity contribution is 0.216. The van der Waals surface area contributed by atoms with Gasteiger partial charge in [-0.15, -0.1) is 0 Å². The zero-order valence-corrected chi connectivity index (χ0v) is 11.0. The zero-order chi connectivity index (χ0) is 14.1. The first kappa shape index (κ1) is 12.6. The van der Waals surface area contributed by atoms with E-state index in [0.717, 1.165) is 5.56 Å². The maximum atomic E-state index is 12.5. The molecular weight excluding hydrogens is 252 g/mol. The van der Waals surface area contributed by atoms with Crippen molar-refractivity contribution in [1.29, 1.82) is 0 Å². The molecule has 3 aromatic rings. The molecule has 1 aromatic heterocycles. The van der Waals surface area contributed by atoms with E-state index in [1.54, 1.807) is 24.3 Å². The van der Waals surface area contributed by atoms with Crippen molar-refractivity contribution in [2.75, 3.05) is 0 Å². The Kier molecular flexibility index (Phi) is 3.12. The van der Waals surface area contributed by atoms with Crippen molar-refractivity contribution < 1.29 is 9.52 Å². The highest BCUT2D eigenvalue weighted by Gasteiger charge is 2.16. The minimum atomic E-state index is -0.975. The highest BCUT2D eigenvalue weighted by atomic mass is 16.3. The predicted molar refractivity (Wildman–Crippen MR) is 77.7 cm³/mol. The molecule has 0 aliphatic carbocycles. The molecule has 3 rings (SSSR count). The summed E-state index contributed by atoms with van der Waals surface area (Å²) in [5, 5.41) is 10.8. The molecule has 2 aromatic carbocycles. The molecule has 3 heteroatoms. The molecule has 0 saturated carbocycles. The summed E-state index contributed by atoms with van der Waals surface area (Å²) >= 11 is 0. The number of benzene rings is 2. The average Bonchev–Trinajstić information content (AvgIpc) is 2.48. The van der Waals surface area contributed by atoms with Crippen molar-refractivity contribution in [3.8, 4) is 0 Å². The van der Waals surface area contributed by atoms with Crippen LogP contribution >= 0.6 is 0 Å². The van der Waals surface area contributed by atoms with Crippen LogP contribution in [0.2, 0.25) is 0 Å². The number of rotatable bonds is 2. The van der Waals surface area contributed by atoms with E-state index in [-0.39, 0.29) is 11.0 Å². The minimum absolute atomic E-state index is 0.189. The number of aliphatic hydroxyl groups is 1. The van der Waals surface area contributed by atoms with E-state index in [1.807, 2.05) is 31.2 Å². The van der Waals surface area contributed by atoms with Crippen LogP contribution < -0.4 is 5.43 Å². The molecule has 1 heterocycles. The van der Waals surface area contributed by atoms with Gasteiger partial charge in [0.1, 0.15) is 18.0 Å². The van der Waals surface area contributed by atoms with Gasteiger partial charge in [-0.05, 0) is 24.6 Å². The second-order valence-electron chi connectivity index (χ2n) is 4.83. The number of aryl methyl sites for hydroxylation is 1. The quantitative estimate of drug-likeness (QED) is 0.775. The Morgan fingerprint density at radius 3 is 2.60 bits per heavy atom. The molecule has 1 atom stereocenters. The van der Waals surface area contributed by atoms with E-state index < -0.39 is 6.10 Å². The van der Waals surface area contributed by atoms with Crippen LogP contribution in [0.25, 0.3) is 11.0 Å². The summed E-state index contributed by atoms with van der Waals surface area (Å²) in [7, 11) is 0. The second kappa shape index (κ2) is 4.94. The van der Waals surface area contributed by atoms with E-state index in [0.29, 0.717) is 16.5 Å². The third-order valence-corrected chi connectivity index (χ3v) is 3.36. The fraction of sp³-hybridized carbons (Fsp3) is 0.118. The number of hydrogen-bond acceptors (Lipinski definition) is 3. The summed E-state index contributed by atoms with van der Waals surface area (Å²) in [6, 6.07) is 14.5. The zero-order valence-electron chi connectivity index (χ0n) is 11.0. The Morgan fingerprint density at radius 1 is 1.10 bits per heavy atom. The van der Waals surface area contributed by atoms with Gasteiger partial charge in [0.25, 0.3) is 0 Å². The summed E-state index contributed by atoms with van der Waals surface area (Å²) in [5.41, 5.74) is 2.26. The summed E-state index contributed by atoms with van der Waals surface area (Å²) in [4.78, 5) is 12.5. The standard InChI is InChI=1S/C17H14O3/c1-11-7-8-15-13(9-11)17(19)14(10-20-15)16(18)12-5-3-2-4-6-12/h2-10,16,18H,1H3. The van der Waals surface area contributed by atoms with E-state index in [4.69, 9.17) is 4.42 Å². The molecule has 0 fully saturated rings. The van der Waals surface area contributed by atoms with Crippen LogP contribution in [0.1, 0.15) is 22.8 Å². The molecular formula is C17H14O3. The van der Waals surface area contributed by atoms with Crippen LogP contribution in [0, 0.1) is 6.92 Å². The monoisotopic (exact) mass is 266 g/mol. The molecule has 3 nitrogen and oxygen atoms in total. The summed E-state index contributed by atoms with van der Waals surface area (Å²) in [5.74, 6) is 0. The highest BCUT2D eigenvalue weighted by Crippen LogP contribution is 2.21. The average molecular weight is 266 g/mol. The topological polar surface area (TPSA) is 50.4 Å². The van der Waals surface area contributed by atoms with Crippen molar-refractivity contribution in [1.82, 2.24) is 0 Å². The van der Waals surface area contributed by atoms with Gasteiger partial charge in [-0.2, -0.15) is 0 Å². The lowest BCUT2D eigenvalue weighted by atomic mass is 10.0. The predicted octanol–water partition coefficient (Wildman–Crippen LogP) is 3.18. The molecule has 1 N–H and O–H groups in total. The van der Waals surface area contributed by atoms with Crippen LogP contribution in [-0.2, 0) is 0 Å². The van der Waals surface area contributed by atoms with Crippen molar-refractivity contribution >= 4 is 11.0 Å². The molecule has 1 unspecified atom stereocenters. The van der Waals surface area contributed by atoms with Crippen molar-refractivity contribution in [3.63, 3.8) is 0 Å². The SMILES string of the molecule is Cc1ccc2occ(C(O)c3ccccc3)c(=O)c2c1. The van der Waals surface area contributed by atoms with Crippen molar-refractivity contribution in [2.24, 2.45) is 0 Å². The van der Waals surface area contributed by atoms with Gasteiger partial charge >= 0.3 is 0 Å². The van der Waals surface area contributed by atoms with Gasteiger partial charge in [-0.1, -0.05) is 42.0 Å². The number of fused-ring (bicyclic) bond motifs is 1. The summed E-state index contributed by atoms with van der Waals surface area (Å²) in [6.07, 6.45) is 0.370. The Labute approximate surface area is 116 Å². The highest BCUT2D eigenvalue weighted by molar-refractivity contribution is 5.77. The van der Waals surface area contributed by atoms with E-state index in [2.05, 4.69) is 0 Å². The molecule has 0 amide bonds. The number of hydrogen-bond donors (Lipinski definition) is 1. The fourth-order valence-electron chi connectivity index (χ4n) is 2.26. The van der Waals surface area contributed by atoms with Gasteiger partial charge in [0.2, 0.25) is 0 Å². The Balaban J connectivity index is 2.18. The smallest absolute Gasteiger partial charge is 0.198 e. The first-order valence-electron chi connectivity index (χ1n) is 6.42. The molecule has 0 spiro atoms. The molecule has 0 aliphatic rings. The van der Waals surface area contributed by atoms with Crippen LogP contribution in [0.3, 0.4) is 0 Å². The van der Waals surface area contributed by atoms with Gasteiger partial charge in [0, 0.05) is 0 Å². The van der Waals surface area contributed by atoms with Gasteiger partial charge in [-0.3, -0.25) is 4.79 Å². The molecule has 0 bridgehead atoms. The van der Waals surface area contributed by atoms with Crippen LogP contribution in [-0.4, -0.2) is 5.11 Å². The van der Waals surface area contributed by atoms with Crippen LogP contribution in [0.15, 0.2) is 64.0 Å². The van der Waals surface area contributed by atoms with E-state index in [9.17, 15) is 9.90 Å². The first-order chi connectivity index (χ1) is 9.66. The lowest BCUT2D eigenvalue weighted by Gasteiger charge is -2.10. The third-order valence-electron chi connectivity index (χ3n) is 3.36. The molecule has 100 valence electrons. The first-order valence-corrected chi connectivity index (χ1v) is 6.42. The van der Waals surface area contributed by atoms with Crippen LogP contribution in [0.4, 0.5) is 0 Å². The number of aliphatic hydroxyl groups excluding tert-OH is 1. The van der Waals surface area contributed by atoms with Crippen molar-refractivity contribution in [3.05, 3.63) is 81.7 Å². The maximum absolute atomic E-state index is 12.5. The Morgan fingerprint density at radius 2 is 1.85 bits per heavy atom. The largest absolute Gasteiger partial charge is 0.464 e. The maximum Gasteiger partial charge on any atom is 0.198 e. The van der Waals surface area contributed by atoms with Gasteiger partial charge < -0.3 is 9.52 Å². The molecule has 0 aliphatic heterocycles. The Bertz CT molecular complexity index is 803. The lowest BCUT2D eigenvalue weighted by Crippen LogP contribution is -2.14. The van der Waals surface area contributed by atoms with Gasteiger partial charge in [-0.25, -0.2) is 0 Å². The molecule has 20 heavy (non-hydrogen) atoms. The van der Waals surface area contributed by atoms with Crippen molar-refractivity contribution in [2.45, 2.75) is 13.0 Å². The fourth-order valence-corrected chi connectivity index (χ4v) is 2.26.